The van der Waals surface area contributed by atoms with Gasteiger partial charge >= 0.3 is 0 Å². The molecule has 0 saturated carbocycles. The summed E-state index contributed by atoms with van der Waals surface area (Å²) in [6, 6.07) is 14.2. The summed E-state index contributed by atoms with van der Waals surface area (Å²) in [7, 11) is 0. The van der Waals surface area contributed by atoms with Gasteiger partial charge in [0.05, 0.1) is 11.6 Å². The van der Waals surface area contributed by atoms with Crippen LogP contribution in [0.3, 0.4) is 0 Å². The summed E-state index contributed by atoms with van der Waals surface area (Å²) in [5.74, 6) is -1.29. The smallest absolute Gasteiger partial charge is 0.295 e. The standard InChI is InChI=1S/C33H43Br2NO3/c1-2-3-4-5-6-7-8-9-10-11-12-13-14-15-23-36-30(25-19-21-27(34)22-20-25)29(32(38)33(36)39)31(37)26-17-16-18-28(35)24-26/h16-22,24,30,37H,2-15,23H2,1H3/t30-/m0/s1. The lowest BCUT2D eigenvalue weighted by Crippen LogP contribution is -2.30. The molecule has 1 aliphatic heterocycles. The maximum absolute atomic E-state index is 13.2. The number of amides is 1. The van der Waals surface area contributed by atoms with Gasteiger partial charge in [-0.3, -0.25) is 9.59 Å². The van der Waals surface area contributed by atoms with E-state index in [4.69, 9.17) is 0 Å². The highest BCUT2D eigenvalue weighted by molar-refractivity contribution is 9.10. The summed E-state index contributed by atoms with van der Waals surface area (Å²) < 4.78 is 1.71. The van der Waals surface area contributed by atoms with Crippen LogP contribution in [0.1, 0.15) is 114 Å². The van der Waals surface area contributed by atoms with E-state index in [9.17, 15) is 14.7 Å². The Kier molecular flexibility index (Phi) is 13.8. The van der Waals surface area contributed by atoms with Crippen LogP contribution < -0.4 is 0 Å². The number of nitrogens with zero attached hydrogens (tertiary/aromatic N) is 1. The highest BCUT2D eigenvalue weighted by Crippen LogP contribution is 2.40. The molecule has 0 unspecified atom stereocenters. The maximum Gasteiger partial charge on any atom is 0.295 e. The lowest BCUT2D eigenvalue weighted by Gasteiger charge is -2.25. The van der Waals surface area contributed by atoms with Crippen LogP contribution in [0.4, 0.5) is 0 Å². The number of unbranched alkanes of at least 4 members (excludes halogenated alkanes) is 13. The number of Topliss-reactive ketones (excluding diaryl/α,β-unsaturated/α-hetero) is 1. The van der Waals surface area contributed by atoms with Crippen LogP contribution in [0.5, 0.6) is 0 Å². The van der Waals surface area contributed by atoms with Gasteiger partial charge < -0.3 is 10.0 Å². The number of aliphatic hydroxyl groups excluding tert-OH is 1. The average molecular weight is 662 g/mol. The van der Waals surface area contributed by atoms with E-state index in [2.05, 4.69) is 38.8 Å². The Morgan fingerprint density at radius 1 is 0.744 bits per heavy atom. The molecule has 1 N–H and O–H groups in total. The third-order valence-corrected chi connectivity index (χ3v) is 8.60. The Bertz CT molecular complexity index is 1100. The van der Waals surface area contributed by atoms with Crippen molar-refractivity contribution >= 4 is 49.3 Å². The number of aliphatic hydroxyl groups is 1. The number of carbonyl (C=O) groups is 2. The zero-order valence-electron chi connectivity index (χ0n) is 23.3. The monoisotopic (exact) mass is 659 g/mol. The number of rotatable bonds is 17. The third kappa shape index (κ3) is 9.60. The van der Waals surface area contributed by atoms with E-state index in [0.717, 1.165) is 33.8 Å². The first kappa shape index (κ1) is 31.6. The summed E-state index contributed by atoms with van der Waals surface area (Å²) >= 11 is 6.90. The third-order valence-electron chi connectivity index (χ3n) is 7.58. The molecule has 2 aromatic carbocycles. The van der Waals surface area contributed by atoms with E-state index in [0.29, 0.717) is 12.1 Å². The molecule has 1 saturated heterocycles. The van der Waals surface area contributed by atoms with Crippen molar-refractivity contribution in [2.75, 3.05) is 6.54 Å². The van der Waals surface area contributed by atoms with Crippen molar-refractivity contribution < 1.29 is 14.7 Å². The van der Waals surface area contributed by atoms with E-state index in [1.807, 2.05) is 30.3 Å². The van der Waals surface area contributed by atoms with Gasteiger partial charge in [0.25, 0.3) is 11.7 Å². The molecule has 0 spiro atoms. The van der Waals surface area contributed by atoms with Gasteiger partial charge in [-0.1, -0.05) is 147 Å². The molecule has 0 aliphatic carbocycles. The second-order valence-corrected chi connectivity index (χ2v) is 12.5. The van der Waals surface area contributed by atoms with Crippen LogP contribution in [-0.2, 0) is 9.59 Å². The molecular formula is C33H43Br2NO3. The highest BCUT2D eigenvalue weighted by atomic mass is 79.9. The largest absolute Gasteiger partial charge is 0.507 e. The van der Waals surface area contributed by atoms with E-state index in [1.54, 1.807) is 23.1 Å². The first-order valence-corrected chi connectivity index (χ1v) is 16.3. The first-order chi connectivity index (χ1) is 18.9. The summed E-state index contributed by atoms with van der Waals surface area (Å²) in [6.07, 6.45) is 17.7. The fourth-order valence-electron chi connectivity index (χ4n) is 5.37. The molecule has 0 aromatic heterocycles. The Balaban J connectivity index is 1.53. The Labute approximate surface area is 251 Å². The molecule has 1 atom stereocenters. The summed E-state index contributed by atoms with van der Waals surface area (Å²) in [4.78, 5) is 28.0. The second kappa shape index (κ2) is 17.0. The van der Waals surface area contributed by atoms with Crippen molar-refractivity contribution in [1.29, 1.82) is 0 Å². The normalized spacial score (nSPS) is 16.8. The van der Waals surface area contributed by atoms with Crippen LogP contribution in [0.15, 0.2) is 63.0 Å². The Hall–Kier alpha value is -1.92. The topological polar surface area (TPSA) is 57.6 Å². The molecule has 1 aliphatic rings. The van der Waals surface area contributed by atoms with E-state index >= 15 is 0 Å². The summed E-state index contributed by atoms with van der Waals surface area (Å²) in [5.41, 5.74) is 1.49. The van der Waals surface area contributed by atoms with Gasteiger partial charge in [-0.2, -0.15) is 0 Å². The SMILES string of the molecule is CCCCCCCCCCCCCCCCN1C(=O)C(=O)C(=C(O)c2cccc(Br)c2)[C@@H]1c1ccc(Br)cc1. The number of hydrogen-bond acceptors (Lipinski definition) is 3. The minimum absolute atomic E-state index is 0.133. The van der Waals surface area contributed by atoms with Gasteiger partial charge in [0.2, 0.25) is 0 Å². The molecule has 1 amide bonds. The van der Waals surface area contributed by atoms with Crippen LogP contribution in [0.2, 0.25) is 0 Å². The molecule has 2 aromatic rings. The summed E-state index contributed by atoms with van der Waals surface area (Å²) in [5, 5.41) is 11.2. The van der Waals surface area contributed by atoms with Crippen molar-refractivity contribution in [2.45, 2.75) is 103 Å². The number of carbonyl (C=O) groups excluding carboxylic acids is 2. The van der Waals surface area contributed by atoms with Crippen molar-refractivity contribution in [1.82, 2.24) is 4.90 Å². The Morgan fingerprint density at radius 2 is 1.28 bits per heavy atom. The number of likely N-dealkylation sites (tertiary alicyclic amines) is 1. The van der Waals surface area contributed by atoms with Gasteiger partial charge in [-0.05, 0) is 36.2 Å². The Morgan fingerprint density at radius 3 is 1.82 bits per heavy atom. The van der Waals surface area contributed by atoms with Gasteiger partial charge in [-0.25, -0.2) is 0 Å². The van der Waals surface area contributed by atoms with Crippen molar-refractivity contribution in [3.8, 4) is 0 Å². The molecule has 1 heterocycles. The molecule has 39 heavy (non-hydrogen) atoms. The zero-order valence-corrected chi connectivity index (χ0v) is 26.4. The molecule has 0 bridgehead atoms. The molecule has 0 radical (unpaired) electrons. The number of benzene rings is 2. The highest BCUT2D eigenvalue weighted by Gasteiger charge is 2.45. The second-order valence-electron chi connectivity index (χ2n) is 10.7. The van der Waals surface area contributed by atoms with Crippen LogP contribution >= 0.6 is 31.9 Å². The van der Waals surface area contributed by atoms with Gasteiger partial charge in [-0.15, -0.1) is 0 Å². The quantitative estimate of drug-likeness (QED) is 0.0795. The average Bonchev–Trinajstić information content (AvgIpc) is 3.18. The van der Waals surface area contributed by atoms with Crippen molar-refractivity contribution in [3.63, 3.8) is 0 Å². The van der Waals surface area contributed by atoms with E-state index < -0.39 is 17.7 Å². The maximum atomic E-state index is 13.2. The number of halogens is 2. The van der Waals surface area contributed by atoms with Crippen molar-refractivity contribution in [3.05, 3.63) is 74.2 Å². The van der Waals surface area contributed by atoms with Gasteiger partial charge in [0, 0.05) is 21.1 Å². The molecule has 4 nitrogen and oxygen atoms in total. The van der Waals surface area contributed by atoms with Gasteiger partial charge in [0.1, 0.15) is 5.76 Å². The van der Waals surface area contributed by atoms with E-state index in [1.165, 1.54) is 70.6 Å². The fourth-order valence-corrected chi connectivity index (χ4v) is 6.03. The molecular weight excluding hydrogens is 618 g/mol. The van der Waals surface area contributed by atoms with Crippen LogP contribution in [-0.4, -0.2) is 28.2 Å². The number of hydrogen-bond donors (Lipinski definition) is 1. The minimum atomic E-state index is -0.620. The van der Waals surface area contributed by atoms with Crippen LogP contribution in [0.25, 0.3) is 5.76 Å². The lowest BCUT2D eigenvalue weighted by molar-refractivity contribution is -0.139. The molecule has 3 rings (SSSR count). The molecule has 212 valence electrons. The lowest BCUT2D eigenvalue weighted by atomic mass is 9.95. The number of ketones is 1. The molecule has 1 fully saturated rings. The predicted molar refractivity (Wildman–Crippen MR) is 168 cm³/mol. The zero-order chi connectivity index (χ0) is 28.0. The van der Waals surface area contributed by atoms with Crippen molar-refractivity contribution in [2.24, 2.45) is 0 Å². The summed E-state index contributed by atoms with van der Waals surface area (Å²) in [6.45, 7) is 2.76. The molecule has 6 heteroatoms. The van der Waals surface area contributed by atoms with Gasteiger partial charge in [0.15, 0.2) is 0 Å². The van der Waals surface area contributed by atoms with Crippen LogP contribution in [0, 0.1) is 0 Å². The van der Waals surface area contributed by atoms with E-state index in [-0.39, 0.29) is 11.3 Å². The fraction of sp³-hybridized carbons (Fsp3) is 0.515. The minimum Gasteiger partial charge on any atom is -0.507 e. The first-order valence-electron chi connectivity index (χ1n) is 14.7. The predicted octanol–water partition coefficient (Wildman–Crippen LogP) is 10.1.